The van der Waals surface area contributed by atoms with E-state index in [1.54, 1.807) is 21.3 Å². The Morgan fingerprint density at radius 3 is 2.12 bits per heavy atom. The minimum absolute atomic E-state index is 0.492. The van der Waals surface area contributed by atoms with Crippen LogP contribution in [0.3, 0.4) is 0 Å². The van der Waals surface area contributed by atoms with Crippen LogP contribution in [0.1, 0.15) is 33.1 Å². The van der Waals surface area contributed by atoms with Gasteiger partial charge >= 0.3 is 8.80 Å². The number of rotatable bonds is 9. The molecule has 0 bridgehead atoms. The van der Waals surface area contributed by atoms with E-state index >= 15 is 0 Å². The maximum atomic E-state index is 5.54. The summed E-state index contributed by atoms with van der Waals surface area (Å²) in [5, 5.41) is 0. The van der Waals surface area contributed by atoms with Crippen molar-refractivity contribution in [1.29, 1.82) is 0 Å². The van der Waals surface area contributed by atoms with Crippen LogP contribution in [-0.2, 0) is 18.0 Å². The van der Waals surface area contributed by atoms with Crippen LogP contribution in [0.5, 0.6) is 0 Å². The lowest BCUT2D eigenvalue weighted by atomic mass is 10.0. The lowest BCUT2D eigenvalue weighted by Gasteiger charge is -2.27. The molecule has 0 radical (unpaired) electrons. The topological polar surface area (TPSA) is 40.2 Å². The van der Waals surface area contributed by atoms with E-state index in [9.17, 15) is 0 Å². The molecule has 17 heavy (non-hydrogen) atoms. The van der Waals surface area contributed by atoms with Gasteiger partial charge in [0.25, 0.3) is 0 Å². The lowest BCUT2D eigenvalue weighted by molar-refractivity contribution is 0.118. The molecule has 1 aliphatic heterocycles. The van der Waals surface area contributed by atoms with Gasteiger partial charge in [-0.2, -0.15) is 0 Å². The Morgan fingerprint density at radius 2 is 1.71 bits per heavy atom. The van der Waals surface area contributed by atoms with Gasteiger partial charge in [0.2, 0.25) is 0 Å². The van der Waals surface area contributed by atoms with E-state index in [0.717, 1.165) is 25.3 Å². The molecule has 0 aliphatic carbocycles. The maximum absolute atomic E-state index is 5.54. The molecule has 0 aromatic heterocycles. The van der Waals surface area contributed by atoms with Gasteiger partial charge in [-0.3, -0.25) is 0 Å². The SMILES string of the molecule is CCC1OC1CCC(C)C[Si](OC)(OC)OC. The first kappa shape index (κ1) is 15.1. The molecule has 102 valence electrons. The standard InChI is InChI=1S/C12H26O4Si/c1-6-11-12(16-11)8-7-10(2)9-17(13-3,14-4)15-5/h10-12H,6-9H2,1-5H3. The van der Waals surface area contributed by atoms with Gasteiger partial charge in [0.1, 0.15) is 0 Å². The number of hydrogen-bond donors (Lipinski definition) is 0. The number of hydrogen-bond acceptors (Lipinski definition) is 4. The summed E-state index contributed by atoms with van der Waals surface area (Å²) in [6.45, 7) is 4.40. The second-order valence-electron chi connectivity index (χ2n) is 4.80. The number of epoxide rings is 1. The molecular weight excluding hydrogens is 236 g/mol. The summed E-state index contributed by atoms with van der Waals surface area (Å²) < 4.78 is 21.8. The van der Waals surface area contributed by atoms with Crippen LogP contribution in [0.25, 0.3) is 0 Å². The van der Waals surface area contributed by atoms with Crippen molar-refractivity contribution in [3.63, 3.8) is 0 Å². The molecule has 0 spiro atoms. The average Bonchev–Trinajstić information content (AvgIpc) is 3.12. The fourth-order valence-electron chi connectivity index (χ4n) is 2.27. The third-order valence-corrected chi connectivity index (χ3v) is 6.63. The third-order valence-electron chi connectivity index (χ3n) is 3.57. The quantitative estimate of drug-likeness (QED) is 0.473. The predicted octanol–water partition coefficient (Wildman–Crippen LogP) is 2.46. The largest absolute Gasteiger partial charge is 0.500 e. The first-order valence-corrected chi connectivity index (χ1v) is 8.34. The van der Waals surface area contributed by atoms with Crippen LogP contribution < -0.4 is 0 Å². The zero-order chi connectivity index (χ0) is 12.9. The molecule has 0 saturated carbocycles. The Hall–Kier alpha value is 0.0569. The minimum Gasteiger partial charge on any atom is -0.377 e. The second-order valence-corrected chi connectivity index (χ2v) is 7.80. The lowest BCUT2D eigenvalue weighted by Crippen LogP contribution is -2.44. The van der Waals surface area contributed by atoms with Crippen molar-refractivity contribution in [1.82, 2.24) is 0 Å². The van der Waals surface area contributed by atoms with E-state index in [1.165, 1.54) is 0 Å². The van der Waals surface area contributed by atoms with Crippen LogP contribution >= 0.6 is 0 Å². The van der Waals surface area contributed by atoms with Crippen molar-refractivity contribution in [2.24, 2.45) is 5.92 Å². The molecule has 1 fully saturated rings. The average molecular weight is 262 g/mol. The molecule has 3 atom stereocenters. The van der Waals surface area contributed by atoms with Crippen LogP contribution in [0.4, 0.5) is 0 Å². The van der Waals surface area contributed by atoms with E-state index in [1.807, 2.05) is 0 Å². The van der Waals surface area contributed by atoms with Gasteiger partial charge in [-0.25, -0.2) is 0 Å². The Balaban J connectivity index is 2.25. The Labute approximate surface area is 106 Å². The minimum atomic E-state index is -2.40. The highest BCUT2D eigenvalue weighted by molar-refractivity contribution is 6.60. The fraction of sp³-hybridized carbons (Fsp3) is 1.00. The zero-order valence-electron chi connectivity index (χ0n) is 11.7. The van der Waals surface area contributed by atoms with Gasteiger partial charge < -0.3 is 18.0 Å². The van der Waals surface area contributed by atoms with Crippen molar-refractivity contribution in [2.45, 2.75) is 51.4 Å². The molecule has 0 N–H and O–H groups in total. The highest BCUT2D eigenvalue weighted by atomic mass is 28.4. The first-order valence-electron chi connectivity index (χ1n) is 6.41. The maximum Gasteiger partial charge on any atom is 0.500 e. The zero-order valence-corrected chi connectivity index (χ0v) is 12.7. The number of ether oxygens (including phenoxy) is 1. The van der Waals surface area contributed by atoms with Gasteiger partial charge in [-0.1, -0.05) is 13.8 Å². The van der Waals surface area contributed by atoms with E-state index in [4.69, 9.17) is 18.0 Å². The van der Waals surface area contributed by atoms with Crippen molar-refractivity contribution in [3.05, 3.63) is 0 Å². The van der Waals surface area contributed by atoms with Gasteiger partial charge in [-0.05, 0) is 25.2 Å². The first-order chi connectivity index (χ1) is 8.10. The molecule has 1 saturated heterocycles. The fourth-order valence-corrected chi connectivity index (χ4v) is 4.33. The van der Waals surface area contributed by atoms with E-state index in [0.29, 0.717) is 18.1 Å². The van der Waals surface area contributed by atoms with Crippen molar-refractivity contribution in [2.75, 3.05) is 21.3 Å². The smallest absolute Gasteiger partial charge is 0.377 e. The predicted molar refractivity (Wildman–Crippen MR) is 68.9 cm³/mol. The summed E-state index contributed by atoms with van der Waals surface area (Å²) in [6.07, 6.45) is 4.42. The normalized spacial score (nSPS) is 25.9. The summed E-state index contributed by atoms with van der Waals surface area (Å²) >= 11 is 0. The van der Waals surface area contributed by atoms with Gasteiger partial charge in [-0.15, -0.1) is 0 Å². The molecular formula is C12H26O4Si. The highest BCUT2D eigenvalue weighted by Gasteiger charge is 2.41. The Kier molecular flexibility index (Phi) is 6.09. The van der Waals surface area contributed by atoms with Gasteiger partial charge in [0.15, 0.2) is 0 Å². The third kappa shape index (κ3) is 4.33. The summed E-state index contributed by atoms with van der Waals surface area (Å²) in [5.74, 6) is 0.545. The van der Waals surface area contributed by atoms with Crippen LogP contribution in [-0.4, -0.2) is 42.3 Å². The molecule has 1 rings (SSSR count). The molecule has 0 amide bonds. The Bertz CT molecular complexity index is 212. The molecule has 5 heteroatoms. The van der Waals surface area contributed by atoms with Crippen LogP contribution in [0.15, 0.2) is 0 Å². The molecule has 0 aromatic carbocycles. The summed E-state index contributed by atoms with van der Waals surface area (Å²) in [4.78, 5) is 0. The van der Waals surface area contributed by atoms with Gasteiger partial charge in [0, 0.05) is 27.4 Å². The van der Waals surface area contributed by atoms with E-state index in [-0.39, 0.29) is 0 Å². The molecule has 1 aliphatic rings. The molecule has 1 heterocycles. The van der Waals surface area contributed by atoms with E-state index in [2.05, 4.69) is 13.8 Å². The highest BCUT2D eigenvalue weighted by Crippen LogP contribution is 2.32. The van der Waals surface area contributed by atoms with Crippen molar-refractivity contribution < 1.29 is 18.0 Å². The summed E-state index contributed by atoms with van der Waals surface area (Å²) in [7, 11) is 2.61. The second kappa shape index (κ2) is 6.85. The van der Waals surface area contributed by atoms with Crippen molar-refractivity contribution >= 4 is 8.80 Å². The summed E-state index contributed by atoms with van der Waals surface area (Å²) in [6, 6.07) is 0.875. The Morgan fingerprint density at radius 1 is 1.12 bits per heavy atom. The van der Waals surface area contributed by atoms with E-state index < -0.39 is 8.80 Å². The molecule has 3 unspecified atom stereocenters. The molecule has 0 aromatic rings. The summed E-state index contributed by atoms with van der Waals surface area (Å²) in [5.41, 5.74) is 0. The van der Waals surface area contributed by atoms with Crippen LogP contribution in [0, 0.1) is 5.92 Å². The monoisotopic (exact) mass is 262 g/mol. The van der Waals surface area contributed by atoms with Gasteiger partial charge in [0.05, 0.1) is 12.2 Å². The van der Waals surface area contributed by atoms with Crippen molar-refractivity contribution in [3.8, 4) is 0 Å². The van der Waals surface area contributed by atoms with Crippen LogP contribution in [0.2, 0.25) is 6.04 Å². The molecule has 4 nitrogen and oxygen atoms in total.